The molecular formula is C11H10ClN3O3S3. The number of urea groups is 1. The van der Waals surface area contributed by atoms with Crippen LogP contribution in [0.25, 0.3) is 0 Å². The first-order chi connectivity index (χ1) is 9.90. The summed E-state index contributed by atoms with van der Waals surface area (Å²) in [6.07, 6.45) is 3.47. The van der Waals surface area contributed by atoms with Crippen LogP contribution in [0.15, 0.2) is 39.6 Å². The average Bonchev–Trinajstić information content (AvgIpc) is 2.85. The van der Waals surface area contributed by atoms with Crippen LogP contribution >= 0.6 is 34.7 Å². The number of thiazole rings is 1. The molecule has 0 unspecified atom stereocenters. The molecule has 6 nitrogen and oxygen atoms in total. The minimum atomic E-state index is -3.98. The molecule has 1 aromatic carbocycles. The van der Waals surface area contributed by atoms with Gasteiger partial charge < -0.3 is 0 Å². The van der Waals surface area contributed by atoms with Crippen molar-refractivity contribution in [2.24, 2.45) is 0 Å². The van der Waals surface area contributed by atoms with Gasteiger partial charge in [0.25, 0.3) is 10.0 Å². The normalized spacial score (nSPS) is 11.1. The lowest BCUT2D eigenvalue weighted by atomic mass is 10.4. The summed E-state index contributed by atoms with van der Waals surface area (Å²) in [6.45, 7) is 0. The summed E-state index contributed by atoms with van der Waals surface area (Å²) in [5, 5.41) is 2.95. The largest absolute Gasteiger partial charge is 0.334 e. The number of hydrogen-bond acceptors (Lipinski definition) is 6. The van der Waals surface area contributed by atoms with Gasteiger partial charge >= 0.3 is 6.03 Å². The number of nitrogens with one attached hydrogen (secondary N) is 2. The summed E-state index contributed by atoms with van der Waals surface area (Å²) in [4.78, 5) is 15.6. The fraction of sp³-hybridized carbons (Fsp3) is 0.0909. The zero-order chi connectivity index (χ0) is 15.5. The molecule has 1 heterocycles. The third-order valence-electron chi connectivity index (χ3n) is 2.24. The number of aromatic nitrogens is 1. The van der Waals surface area contributed by atoms with Crippen molar-refractivity contribution in [1.29, 1.82) is 0 Å². The maximum absolute atomic E-state index is 12.0. The lowest BCUT2D eigenvalue weighted by Crippen LogP contribution is -2.34. The van der Waals surface area contributed by atoms with E-state index in [9.17, 15) is 13.2 Å². The Morgan fingerprint density at radius 1 is 1.43 bits per heavy atom. The van der Waals surface area contributed by atoms with E-state index in [0.29, 0.717) is 5.13 Å². The molecule has 2 amide bonds. The summed E-state index contributed by atoms with van der Waals surface area (Å²) in [6, 6.07) is 4.75. The second-order valence-corrected chi connectivity index (χ2v) is 7.96. The van der Waals surface area contributed by atoms with Crippen LogP contribution in [0.2, 0.25) is 5.02 Å². The average molecular weight is 364 g/mol. The van der Waals surface area contributed by atoms with Gasteiger partial charge in [0, 0.05) is 5.02 Å². The molecule has 2 N–H and O–H groups in total. The van der Waals surface area contributed by atoms with Crippen molar-refractivity contribution in [3.63, 3.8) is 0 Å². The Hall–Kier alpha value is -1.29. The highest BCUT2D eigenvalue weighted by atomic mass is 35.5. The van der Waals surface area contributed by atoms with Crippen LogP contribution in [-0.4, -0.2) is 25.7 Å². The molecule has 0 saturated heterocycles. The molecule has 2 aromatic rings. The van der Waals surface area contributed by atoms with Gasteiger partial charge in [-0.25, -0.2) is 22.9 Å². The number of sulfonamides is 1. The van der Waals surface area contributed by atoms with Crippen LogP contribution in [-0.2, 0) is 10.0 Å². The Kier molecular flexibility index (Phi) is 5.09. The molecule has 0 spiro atoms. The lowest BCUT2D eigenvalue weighted by Gasteiger charge is -2.07. The van der Waals surface area contributed by atoms with E-state index in [0.717, 1.165) is 4.21 Å². The standard InChI is InChI=1S/C11H10ClN3O3S3/c1-19-9-6-13-11(20-9)14-10(16)15-21(17,18)8-4-2-3-7(12)5-8/h2-6H,1H3,(H2,13,14,15,16). The molecule has 0 saturated carbocycles. The van der Waals surface area contributed by atoms with Crippen LogP contribution in [0.3, 0.4) is 0 Å². The SMILES string of the molecule is CSc1cnc(NC(=O)NS(=O)(=O)c2cccc(Cl)c2)s1. The second-order valence-electron chi connectivity index (χ2n) is 3.71. The fourth-order valence-electron chi connectivity index (χ4n) is 1.35. The van der Waals surface area contributed by atoms with Crippen LogP contribution in [0.5, 0.6) is 0 Å². The Balaban J connectivity index is 2.08. The van der Waals surface area contributed by atoms with Gasteiger partial charge in [0.2, 0.25) is 0 Å². The van der Waals surface area contributed by atoms with Crippen molar-refractivity contribution >= 4 is 55.9 Å². The quantitative estimate of drug-likeness (QED) is 0.815. The van der Waals surface area contributed by atoms with Crippen molar-refractivity contribution < 1.29 is 13.2 Å². The lowest BCUT2D eigenvalue weighted by molar-refractivity contribution is 0.256. The number of carbonyl (C=O) groups is 1. The Morgan fingerprint density at radius 3 is 2.81 bits per heavy atom. The molecule has 0 atom stereocenters. The van der Waals surface area contributed by atoms with Gasteiger partial charge in [-0.3, -0.25) is 5.32 Å². The van der Waals surface area contributed by atoms with Crippen LogP contribution < -0.4 is 10.0 Å². The first-order valence-corrected chi connectivity index (χ1v) is 9.40. The minimum Gasteiger partial charge on any atom is -0.283 e. The van der Waals surface area contributed by atoms with Gasteiger partial charge in [0.1, 0.15) is 0 Å². The van der Waals surface area contributed by atoms with Crippen molar-refractivity contribution in [1.82, 2.24) is 9.71 Å². The Morgan fingerprint density at radius 2 is 2.19 bits per heavy atom. The monoisotopic (exact) mass is 363 g/mol. The molecule has 112 valence electrons. The van der Waals surface area contributed by atoms with E-state index in [-0.39, 0.29) is 9.92 Å². The summed E-state index contributed by atoms with van der Waals surface area (Å²) < 4.78 is 26.8. The van der Waals surface area contributed by atoms with E-state index in [1.165, 1.54) is 41.3 Å². The molecule has 1 aromatic heterocycles. The highest BCUT2D eigenvalue weighted by Gasteiger charge is 2.18. The van der Waals surface area contributed by atoms with E-state index in [1.807, 2.05) is 11.0 Å². The van der Waals surface area contributed by atoms with Crippen molar-refractivity contribution in [2.45, 2.75) is 9.10 Å². The zero-order valence-electron chi connectivity index (χ0n) is 10.7. The van der Waals surface area contributed by atoms with Crippen LogP contribution in [0.4, 0.5) is 9.93 Å². The maximum atomic E-state index is 12.0. The molecule has 0 radical (unpaired) electrons. The molecule has 2 rings (SSSR count). The van der Waals surface area contributed by atoms with Gasteiger partial charge in [-0.2, -0.15) is 0 Å². The van der Waals surface area contributed by atoms with Gasteiger partial charge in [-0.05, 0) is 24.5 Å². The van der Waals surface area contributed by atoms with E-state index in [1.54, 1.807) is 12.3 Å². The molecule has 10 heteroatoms. The third kappa shape index (κ3) is 4.34. The number of anilines is 1. The predicted octanol–water partition coefficient (Wildman–Crippen LogP) is 3.03. The van der Waals surface area contributed by atoms with Crippen molar-refractivity contribution in [2.75, 3.05) is 11.6 Å². The number of rotatable bonds is 4. The van der Waals surface area contributed by atoms with E-state index >= 15 is 0 Å². The maximum Gasteiger partial charge on any atom is 0.334 e. The Bertz CT molecular complexity index is 761. The second kappa shape index (κ2) is 6.65. The number of nitrogens with zero attached hydrogens (tertiary/aromatic N) is 1. The third-order valence-corrected chi connectivity index (χ3v) is 5.77. The molecule has 21 heavy (non-hydrogen) atoms. The molecule has 0 aliphatic rings. The van der Waals surface area contributed by atoms with Crippen molar-refractivity contribution in [3.8, 4) is 0 Å². The summed E-state index contributed by atoms with van der Waals surface area (Å²) >= 11 is 8.46. The van der Waals surface area contributed by atoms with E-state index < -0.39 is 16.1 Å². The summed E-state index contributed by atoms with van der Waals surface area (Å²) in [5.41, 5.74) is 0. The van der Waals surface area contributed by atoms with E-state index in [4.69, 9.17) is 11.6 Å². The summed E-state index contributed by atoms with van der Waals surface area (Å²) in [5.74, 6) is 0. The fourth-order valence-corrected chi connectivity index (χ4v) is 3.83. The van der Waals surface area contributed by atoms with Gasteiger partial charge in [-0.1, -0.05) is 29.0 Å². The number of benzene rings is 1. The highest BCUT2D eigenvalue weighted by Crippen LogP contribution is 2.26. The number of thioether (sulfide) groups is 1. The minimum absolute atomic E-state index is 0.0888. The smallest absolute Gasteiger partial charge is 0.283 e. The Labute approximate surface area is 135 Å². The van der Waals surface area contributed by atoms with E-state index in [2.05, 4.69) is 10.3 Å². The number of hydrogen-bond donors (Lipinski definition) is 2. The van der Waals surface area contributed by atoms with Gasteiger partial charge in [0.05, 0.1) is 15.3 Å². The predicted molar refractivity (Wildman–Crippen MR) is 84.7 cm³/mol. The number of amides is 2. The van der Waals surface area contributed by atoms with Crippen molar-refractivity contribution in [3.05, 3.63) is 35.5 Å². The molecule has 0 aliphatic carbocycles. The van der Waals surface area contributed by atoms with Crippen LogP contribution in [0.1, 0.15) is 0 Å². The molecule has 0 fully saturated rings. The molecule has 0 aliphatic heterocycles. The van der Waals surface area contributed by atoms with Crippen LogP contribution in [0, 0.1) is 0 Å². The summed E-state index contributed by atoms with van der Waals surface area (Å²) in [7, 11) is -3.98. The first-order valence-electron chi connectivity index (χ1n) is 5.50. The zero-order valence-corrected chi connectivity index (χ0v) is 13.9. The van der Waals surface area contributed by atoms with Gasteiger partial charge in [0.15, 0.2) is 5.13 Å². The highest BCUT2D eigenvalue weighted by molar-refractivity contribution is 8.00. The number of carbonyl (C=O) groups excluding carboxylic acids is 1. The number of halogens is 1. The topological polar surface area (TPSA) is 88.2 Å². The molecular weight excluding hydrogens is 354 g/mol. The van der Waals surface area contributed by atoms with Gasteiger partial charge in [-0.15, -0.1) is 11.8 Å². The molecule has 0 bridgehead atoms. The first kappa shape index (κ1) is 16.1.